The zero-order chi connectivity index (χ0) is 11.3. The number of rotatable bonds is 3. The van der Waals surface area contributed by atoms with Crippen LogP contribution < -0.4 is 10.6 Å². The van der Waals surface area contributed by atoms with Gasteiger partial charge >= 0.3 is 0 Å². The van der Waals surface area contributed by atoms with E-state index in [-0.39, 0.29) is 11.4 Å². The van der Waals surface area contributed by atoms with Crippen molar-refractivity contribution in [3.8, 4) is 0 Å². The number of piperidine rings is 1. The summed E-state index contributed by atoms with van der Waals surface area (Å²) in [5, 5.41) is 6.45. The quantitative estimate of drug-likeness (QED) is 0.749. The van der Waals surface area contributed by atoms with Gasteiger partial charge in [0, 0.05) is 18.0 Å². The Labute approximate surface area is 93.0 Å². The van der Waals surface area contributed by atoms with Crippen LogP contribution in [0.25, 0.3) is 0 Å². The van der Waals surface area contributed by atoms with E-state index in [1.54, 1.807) is 0 Å². The second-order valence-corrected chi connectivity index (χ2v) is 5.48. The first-order valence-electron chi connectivity index (χ1n) is 6.02. The summed E-state index contributed by atoms with van der Waals surface area (Å²) in [5.74, 6) is 0.176. The minimum absolute atomic E-state index is 0.100. The van der Waals surface area contributed by atoms with Gasteiger partial charge in [-0.3, -0.25) is 4.79 Å². The highest BCUT2D eigenvalue weighted by Crippen LogP contribution is 2.12. The molecule has 1 fully saturated rings. The van der Waals surface area contributed by atoms with E-state index in [0.29, 0.717) is 12.5 Å². The van der Waals surface area contributed by atoms with Crippen molar-refractivity contribution in [3.63, 3.8) is 0 Å². The van der Waals surface area contributed by atoms with Crippen LogP contribution in [0.5, 0.6) is 0 Å². The van der Waals surface area contributed by atoms with Crippen molar-refractivity contribution < 1.29 is 4.79 Å². The molecule has 3 nitrogen and oxygen atoms in total. The molecule has 3 heteroatoms. The lowest BCUT2D eigenvalue weighted by molar-refractivity contribution is -0.122. The van der Waals surface area contributed by atoms with E-state index >= 15 is 0 Å². The number of carbonyl (C=O) groups is 1. The second-order valence-electron chi connectivity index (χ2n) is 5.48. The minimum atomic E-state index is -0.100. The van der Waals surface area contributed by atoms with Gasteiger partial charge in [-0.2, -0.15) is 0 Å². The molecule has 0 aromatic heterocycles. The first-order chi connectivity index (χ1) is 6.97. The molecule has 1 heterocycles. The Bertz CT molecular complexity index is 202. The van der Waals surface area contributed by atoms with Gasteiger partial charge in [0.1, 0.15) is 0 Å². The fourth-order valence-corrected chi connectivity index (χ4v) is 1.96. The molecule has 1 aliphatic heterocycles. The molecule has 0 saturated carbocycles. The van der Waals surface area contributed by atoms with Gasteiger partial charge in [0.15, 0.2) is 0 Å². The van der Waals surface area contributed by atoms with Crippen LogP contribution in [-0.4, -0.2) is 24.0 Å². The number of hydrogen-bond donors (Lipinski definition) is 2. The highest BCUT2D eigenvalue weighted by molar-refractivity contribution is 5.76. The summed E-state index contributed by atoms with van der Waals surface area (Å²) >= 11 is 0. The molecule has 0 bridgehead atoms. The predicted octanol–water partition coefficient (Wildman–Crippen LogP) is 1.82. The van der Waals surface area contributed by atoms with Crippen molar-refractivity contribution in [2.75, 3.05) is 6.54 Å². The third kappa shape index (κ3) is 5.78. The van der Waals surface area contributed by atoms with Gasteiger partial charge in [-0.05, 0) is 46.6 Å². The molecule has 0 aromatic carbocycles. The highest BCUT2D eigenvalue weighted by Gasteiger charge is 2.17. The minimum Gasteiger partial charge on any atom is -0.352 e. The lowest BCUT2D eigenvalue weighted by atomic mass is 10.00. The van der Waals surface area contributed by atoms with Gasteiger partial charge in [0.25, 0.3) is 0 Å². The first kappa shape index (κ1) is 12.5. The molecule has 1 amide bonds. The molecule has 0 aliphatic carbocycles. The van der Waals surface area contributed by atoms with Gasteiger partial charge < -0.3 is 10.6 Å². The third-order valence-electron chi connectivity index (χ3n) is 2.65. The van der Waals surface area contributed by atoms with Crippen molar-refractivity contribution in [2.45, 2.75) is 64.5 Å². The smallest absolute Gasteiger partial charge is 0.220 e. The molecule has 1 rings (SSSR count). The zero-order valence-corrected chi connectivity index (χ0v) is 10.2. The largest absolute Gasteiger partial charge is 0.352 e. The maximum Gasteiger partial charge on any atom is 0.220 e. The summed E-state index contributed by atoms with van der Waals surface area (Å²) < 4.78 is 0. The number of hydrogen-bond acceptors (Lipinski definition) is 2. The van der Waals surface area contributed by atoms with E-state index in [0.717, 1.165) is 13.0 Å². The fourth-order valence-electron chi connectivity index (χ4n) is 1.96. The standard InChI is InChI=1S/C12H24N2O/c1-12(2,3)14-11(15)8-7-10-6-4-5-9-13-10/h10,13H,4-9H2,1-3H3,(H,14,15). The fraction of sp³-hybridized carbons (Fsp3) is 0.917. The van der Waals surface area contributed by atoms with Crippen molar-refractivity contribution in [1.29, 1.82) is 0 Å². The monoisotopic (exact) mass is 212 g/mol. The number of nitrogens with one attached hydrogen (secondary N) is 2. The Kier molecular flexibility index (Phi) is 4.58. The summed E-state index contributed by atoms with van der Waals surface area (Å²) in [6.45, 7) is 7.17. The molecule has 1 aliphatic rings. The van der Waals surface area contributed by atoms with E-state index in [2.05, 4.69) is 10.6 Å². The molecule has 1 saturated heterocycles. The van der Waals surface area contributed by atoms with E-state index in [1.807, 2.05) is 20.8 Å². The summed E-state index contributed by atoms with van der Waals surface area (Å²) in [4.78, 5) is 11.6. The van der Waals surface area contributed by atoms with E-state index in [4.69, 9.17) is 0 Å². The highest BCUT2D eigenvalue weighted by atomic mass is 16.1. The molecule has 2 N–H and O–H groups in total. The summed E-state index contributed by atoms with van der Waals surface area (Å²) in [7, 11) is 0. The average Bonchev–Trinajstić information content (AvgIpc) is 2.14. The van der Waals surface area contributed by atoms with Crippen LogP contribution in [0.1, 0.15) is 52.9 Å². The van der Waals surface area contributed by atoms with Crippen LogP contribution in [0, 0.1) is 0 Å². The topological polar surface area (TPSA) is 41.1 Å². The lowest BCUT2D eigenvalue weighted by Crippen LogP contribution is -2.41. The summed E-state index contributed by atoms with van der Waals surface area (Å²) in [6.07, 6.45) is 5.43. The van der Waals surface area contributed by atoms with Gasteiger partial charge in [-0.25, -0.2) is 0 Å². The second kappa shape index (κ2) is 5.50. The Morgan fingerprint density at radius 1 is 1.40 bits per heavy atom. The molecule has 0 spiro atoms. The Morgan fingerprint density at radius 2 is 2.13 bits per heavy atom. The first-order valence-corrected chi connectivity index (χ1v) is 6.02. The van der Waals surface area contributed by atoms with Crippen LogP contribution in [0.2, 0.25) is 0 Å². The molecule has 1 unspecified atom stereocenters. The third-order valence-corrected chi connectivity index (χ3v) is 2.65. The van der Waals surface area contributed by atoms with Gasteiger partial charge in [-0.15, -0.1) is 0 Å². The van der Waals surface area contributed by atoms with Crippen LogP contribution in [0.15, 0.2) is 0 Å². The van der Waals surface area contributed by atoms with Crippen molar-refractivity contribution >= 4 is 5.91 Å². The summed E-state index contributed by atoms with van der Waals surface area (Å²) in [6, 6.07) is 0.560. The number of carbonyl (C=O) groups excluding carboxylic acids is 1. The van der Waals surface area contributed by atoms with E-state index in [1.165, 1.54) is 19.3 Å². The van der Waals surface area contributed by atoms with Gasteiger partial charge in [0.05, 0.1) is 0 Å². The van der Waals surface area contributed by atoms with Crippen molar-refractivity contribution in [2.24, 2.45) is 0 Å². The van der Waals surface area contributed by atoms with Crippen LogP contribution >= 0.6 is 0 Å². The maximum absolute atomic E-state index is 11.6. The molecule has 15 heavy (non-hydrogen) atoms. The van der Waals surface area contributed by atoms with Gasteiger partial charge in [-0.1, -0.05) is 6.42 Å². The Hall–Kier alpha value is -0.570. The molecule has 0 aromatic rings. The Balaban J connectivity index is 2.15. The average molecular weight is 212 g/mol. The SMILES string of the molecule is CC(C)(C)NC(=O)CCC1CCCCN1. The van der Waals surface area contributed by atoms with E-state index < -0.39 is 0 Å². The lowest BCUT2D eigenvalue weighted by Gasteiger charge is -2.24. The van der Waals surface area contributed by atoms with Gasteiger partial charge in [0.2, 0.25) is 5.91 Å². The van der Waals surface area contributed by atoms with E-state index in [9.17, 15) is 4.79 Å². The molecule has 88 valence electrons. The molecule has 1 atom stereocenters. The molecular formula is C12H24N2O. The van der Waals surface area contributed by atoms with Crippen LogP contribution in [0.3, 0.4) is 0 Å². The molecular weight excluding hydrogens is 188 g/mol. The zero-order valence-electron chi connectivity index (χ0n) is 10.2. The van der Waals surface area contributed by atoms with Crippen LogP contribution in [-0.2, 0) is 4.79 Å². The normalized spacial score (nSPS) is 22.5. The number of amides is 1. The predicted molar refractivity (Wildman–Crippen MR) is 62.8 cm³/mol. The Morgan fingerprint density at radius 3 is 2.67 bits per heavy atom. The van der Waals surface area contributed by atoms with Crippen molar-refractivity contribution in [3.05, 3.63) is 0 Å². The summed E-state index contributed by atoms with van der Waals surface area (Å²) in [5.41, 5.74) is -0.100. The molecule has 0 radical (unpaired) electrons. The van der Waals surface area contributed by atoms with Crippen molar-refractivity contribution in [1.82, 2.24) is 10.6 Å². The van der Waals surface area contributed by atoms with Crippen LogP contribution in [0.4, 0.5) is 0 Å². The maximum atomic E-state index is 11.6.